The number of hydrogen-bond donors (Lipinski definition) is 2. The van der Waals surface area contributed by atoms with E-state index in [4.69, 9.17) is 5.73 Å². The van der Waals surface area contributed by atoms with Crippen LogP contribution in [0.15, 0.2) is 0 Å². The summed E-state index contributed by atoms with van der Waals surface area (Å²) in [6.07, 6.45) is 2.10. The summed E-state index contributed by atoms with van der Waals surface area (Å²) in [5.74, 6) is -0.198. The number of halogens is 1. The van der Waals surface area contributed by atoms with Gasteiger partial charge in [0.2, 0.25) is 11.8 Å². The Morgan fingerprint density at radius 3 is 2.35 bits per heavy atom. The normalized spacial score (nSPS) is 16.1. The highest BCUT2D eigenvalue weighted by molar-refractivity contribution is 5.87. The Morgan fingerprint density at radius 1 is 1.41 bits per heavy atom. The molecular formula is C11H22ClN3O2. The molecule has 1 fully saturated rings. The van der Waals surface area contributed by atoms with Gasteiger partial charge in [0.1, 0.15) is 0 Å². The molecule has 1 atom stereocenters. The second kappa shape index (κ2) is 6.81. The van der Waals surface area contributed by atoms with Gasteiger partial charge in [0, 0.05) is 13.1 Å². The highest BCUT2D eigenvalue weighted by Gasteiger charge is 2.26. The lowest BCUT2D eigenvalue weighted by Gasteiger charge is -2.22. The largest absolute Gasteiger partial charge is 0.352 e. The minimum atomic E-state index is -0.529. The van der Waals surface area contributed by atoms with Crippen LogP contribution in [0, 0.1) is 5.92 Å². The van der Waals surface area contributed by atoms with Crippen LogP contribution in [-0.2, 0) is 9.59 Å². The van der Waals surface area contributed by atoms with Crippen LogP contribution < -0.4 is 11.1 Å². The van der Waals surface area contributed by atoms with Gasteiger partial charge >= 0.3 is 0 Å². The lowest BCUT2D eigenvalue weighted by molar-refractivity contribution is -0.136. The fraction of sp³-hybridized carbons (Fsp3) is 0.818. The summed E-state index contributed by atoms with van der Waals surface area (Å²) in [7, 11) is 1.61. The number of nitrogens with zero attached hydrogens (tertiary/aromatic N) is 1. The van der Waals surface area contributed by atoms with E-state index in [1.165, 1.54) is 4.90 Å². The van der Waals surface area contributed by atoms with Crippen LogP contribution in [0.5, 0.6) is 0 Å². The first-order chi connectivity index (χ1) is 7.41. The van der Waals surface area contributed by atoms with Gasteiger partial charge < -0.3 is 16.0 Å². The summed E-state index contributed by atoms with van der Waals surface area (Å²) in [5.41, 5.74) is 5.73. The van der Waals surface area contributed by atoms with Gasteiger partial charge in [-0.15, -0.1) is 12.4 Å². The molecule has 0 aromatic rings. The quantitative estimate of drug-likeness (QED) is 0.740. The van der Waals surface area contributed by atoms with Gasteiger partial charge in [0.05, 0.1) is 12.6 Å². The summed E-state index contributed by atoms with van der Waals surface area (Å²) < 4.78 is 0. The third-order valence-corrected chi connectivity index (χ3v) is 2.70. The van der Waals surface area contributed by atoms with Crippen LogP contribution in [0.3, 0.4) is 0 Å². The molecule has 6 heteroatoms. The van der Waals surface area contributed by atoms with Crippen LogP contribution in [0.2, 0.25) is 0 Å². The molecular weight excluding hydrogens is 242 g/mol. The maximum Gasteiger partial charge on any atom is 0.239 e. The molecule has 0 aliphatic heterocycles. The van der Waals surface area contributed by atoms with Crippen molar-refractivity contribution in [3.63, 3.8) is 0 Å². The molecule has 0 aromatic heterocycles. The number of amides is 2. The second-order valence-corrected chi connectivity index (χ2v) is 4.81. The molecule has 0 spiro atoms. The van der Waals surface area contributed by atoms with Gasteiger partial charge in [-0.25, -0.2) is 0 Å². The number of nitrogens with one attached hydrogen (secondary N) is 1. The van der Waals surface area contributed by atoms with Crippen LogP contribution in [-0.4, -0.2) is 42.4 Å². The monoisotopic (exact) mass is 263 g/mol. The van der Waals surface area contributed by atoms with Gasteiger partial charge in [-0.1, -0.05) is 13.8 Å². The van der Waals surface area contributed by atoms with Crippen molar-refractivity contribution in [2.24, 2.45) is 11.7 Å². The summed E-state index contributed by atoms with van der Waals surface area (Å²) in [6.45, 7) is 3.87. The molecule has 2 amide bonds. The Labute approximate surface area is 109 Å². The predicted octanol–water partition coefficient (Wildman–Crippen LogP) is 0.129. The van der Waals surface area contributed by atoms with E-state index >= 15 is 0 Å². The minimum Gasteiger partial charge on any atom is -0.352 e. The highest BCUT2D eigenvalue weighted by atomic mass is 35.5. The summed E-state index contributed by atoms with van der Waals surface area (Å²) in [6, 6.07) is -0.200. The Morgan fingerprint density at radius 2 is 1.94 bits per heavy atom. The Hall–Kier alpha value is -0.810. The number of carbonyl (C=O) groups is 2. The molecule has 0 bridgehead atoms. The zero-order chi connectivity index (χ0) is 12.3. The van der Waals surface area contributed by atoms with Crippen LogP contribution in [0.25, 0.3) is 0 Å². The molecule has 0 aromatic carbocycles. The van der Waals surface area contributed by atoms with Crippen molar-refractivity contribution in [2.45, 2.75) is 38.8 Å². The lowest BCUT2D eigenvalue weighted by atomic mass is 10.0. The minimum absolute atomic E-state index is 0. The van der Waals surface area contributed by atoms with Crippen LogP contribution in [0.1, 0.15) is 26.7 Å². The van der Waals surface area contributed by atoms with E-state index in [-0.39, 0.29) is 36.7 Å². The summed E-state index contributed by atoms with van der Waals surface area (Å²) in [5, 5.41) is 2.83. The van der Waals surface area contributed by atoms with Crippen molar-refractivity contribution < 1.29 is 9.59 Å². The average Bonchev–Trinajstić information content (AvgIpc) is 2.98. The predicted molar refractivity (Wildman–Crippen MR) is 68.9 cm³/mol. The summed E-state index contributed by atoms with van der Waals surface area (Å²) in [4.78, 5) is 24.6. The van der Waals surface area contributed by atoms with E-state index in [9.17, 15) is 9.59 Å². The van der Waals surface area contributed by atoms with Crippen molar-refractivity contribution in [3.05, 3.63) is 0 Å². The molecule has 17 heavy (non-hydrogen) atoms. The summed E-state index contributed by atoms with van der Waals surface area (Å²) >= 11 is 0. The van der Waals surface area contributed by atoms with Crippen molar-refractivity contribution >= 4 is 24.2 Å². The molecule has 0 heterocycles. The van der Waals surface area contributed by atoms with Crippen LogP contribution in [0.4, 0.5) is 0 Å². The third kappa shape index (κ3) is 5.37. The van der Waals surface area contributed by atoms with Gasteiger partial charge in [0.25, 0.3) is 0 Å². The van der Waals surface area contributed by atoms with Crippen molar-refractivity contribution in [1.29, 1.82) is 0 Å². The lowest BCUT2D eigenvalue weighted by Crippen LogP contribution is -2.48. The van der Waals surface area contributed by atoms with E-state index in [1.807, 2.05) is 13.8 Å². The van der Waals surface area contributed by atoms with Crippen LogP contribution >= 0.6 is 12.4 Å². The molecule has 100 valence electrons. The van der Waals surface area contributed by atoms with Gasteiger partial charge in [-0.3, -0.25) is 9.59 Å². The van der Waals surface area contributed by atoms with E-state index in [2.05, 4.69) is 5.32 Å². The van der Waals surface area contributed by atoms with Gasteiger partial charge in [-0.05, 0) is 18.8 Å². The first kappa shape index (κ1) is 16.2. The number of carbonyl (C=O) groups excluding carboxylic acids is 2. The number of hydrogen-bond acceptors (Lipinski definition) is 3. The fourth-order valence-corrected chi connectivity index (χ4v) is 1.33. The number of rotatable bonds is 5. The van der Waals surface area contributed by atoms with Crippen molar-refractivity contribution in [1.82, 2.24) is 10.2 Å². The Balaban J connectivity index is 0.00000256. The number of nitrogens with two attached hydrogens (primary N) is 1. The Kier molecular flexibility index (Phi) is 6.49. The van der Waals surface area contributed by atoms with E-state index in [1.54, 1.807) is 7.05 Å². The van der Waals surface area contributed by atoms with Gasteiger partial charge in [0.15, 0.2) is 0 Å². The Bertz CT molecular complexity index is 280. The van der Waals surface area contributed by atoms with Crippen molar-refractivity contribution in [3.8, 4) is 0 Å². The maximum absolute atomic E-state index is 11.7. The topological polar surface area (TPSA) is 75.4 Å². The first-order valence-electron chi connectivity index (χ1n) is 5.71. The van der Waals surface area contributed by atoms with E-state index < -0.39 is 6.04 Å². The maximum atomic E-state index is 11.7. The molecule has 1 aliphatic carbocycles. The molecule has 0 unspecified atom stereocenters. The molecule has 1 saturated carbocycles. The van der Waals surface area contributed by atoms with Gasteiger partial charge in [-0.2, -0.15) is 0 Å². The second-order valence-electron chi connectivity index (χ2n) is 4.81. The molecule has 0 saturated heterocycles. The molecule has 1 rings (SSSR count). The number of likely N-dealkylation sites (N-methyl/N-ethyl adjacent to an activating group) is 1. The third-order valence-electron chi connectivity index (χ3n) is 2.70. The molecule has 3 N–H and O–H groups in total. The fourth-order valence-electron chi connectivity index (χ4n) is 1.33. The zero-order valence-corrected chi connectivity index (χ0v) is 11.4. The first-order valence-corrected chi connectivity index (χ1v) is 5.71. The molecule has 1 aliphatic rings. The average molecular weight is 264 g/mol. The zero-order valence-electron chi connectivity index (χ0n) is 10.6. The standard InChI is InChI=1S/C11H21N3O2.ClH/c1-7(2)10(12)11(16)14(3)6-9(15)13-8-4-5-8;/h7-8,10H,4-6,12H2,1-3H3,(H,13,15);1H/t10-;/m0./s1. The highest BCUT2D eigenvalue weighted by Crippen LogP contribution is 2.18. The van der Waals surface area contributed by atoms with E-state index in [0.29, 0.717) is 6.04 Å². The molecule has 0 radical (unpaired) electrons. The molecule has 5 nitrogen and oxygen atoms in total. The van der Waals surface area contributed by atoms with E-state index in [0.717, 1.165) is 12.8 Å². The SMILES string of the molecule is CC(C)[C@H](N)C(=O)N(C)CC(=O)NC1CC1.Cl. The smallest absolute Gasteiger partial charge is 0.239 e. The van der Waals surface area contributed by atoms with Crippen molar-refractivity contribution in [2.75, 3.05) is 13.6 Å².